The van der Waals surface area contributed by atoms with Crippen LogP contribution in [0, 0.1) is 13.8 Å². The molecule has 0 saturated carbocycles. The zero-order chi connectivity index (χ0) is 17.0. The summed E-state index contributed by atoms with van der Waals surface area (Å²) in [7, 11) is 0. The average molecular weight is 322 g/mol. The van der Waals surface area contributed by atoms with Crippen LogP contribution in [0.4, 0.5) is 0 Å². The van der Waals surface area contributed by atoms with E-state index in [2.05, 4.69) is 0 Å². The van der Waals surface area contributed by atoms with Crippen LogP contribution < -0.4 is 0 Å². The summed E-state index contributed by atoms with van der Waals surface area (Å²) in [5, 5.41) is 0. The number of hydrogen-bond acceptors (Lipinski definition) is 4. The van der Waals surface area contributed by atoms with Gasteiger partial charge in [0.25, 0.3) is 5.91 Å². The van der Waals surface area contributed by atoms with E-state index in [1.165, 1.54) is 0 Å². The Kier molecular flexibility index (Phi) is 5.82. The van der Waals surface area contributed by atoms with E-state index < -0.39 is 0 Å². The van der Waals surface area contributed by atoms with Crippen LogP contribution in [0.3, 0.4) is 0 Å². The molecule has 1 aromatic heterocycles. The molecule has 0 bridgehead atoms. The van der Waals surface area contributed by atoms with Crippen LogP contribution in [0.1, 0.15) is 42.1 Å². The van der Waals surface area contributed by atoms with Crippen LogP contribution >= 0.6 is 0 Å². The maximum Gasteiger partial charge on any atom is 0.257 e. The van der Waals surface area contributed by atoms with Crippen molar-refractivity contribution in [2.75, 3.05) is 32.8 Å². The molecule has 0 atom stereocenters. The van der Waals surface area contributed by atoms with E-state index >= 15 is 0 Å². The Morgan fingerprint density at radius 3 is 2.43 bits per heavy atom. The van der Waals surface area contributed by atoms with Crippen LogP contribution in [0.15, 0.2) is 10.5 Å². The molecule has 0 aromatic carbocycles. The van der Waals surface area contributed by atoms with Crippen molar-refractivity contribution in [3.05, 3.63) is 23.2 Å². The van der Waals surface area contributed by atoms with Gasteiger partial charge >= 0.3 is 0 Å². The molecule has 0 unspecified atom stereocenters. The van der Waals surface area contributed by atoms with Gasteiger partial charge in [0.05, 0.1) is 18.8 Å². The van der Waals surface area contributed by atoms with Crippen molar-refractivity contribution >= 4 is 11.8 Å². The number of carbonyl (C=O) groups excluding carboxylic acids is 2. The molecule has 0 spiro atoms. The molecule has 1 fully saturated rings. The lowest BCUT2D eigenvalue weighted by Crippen LogP contribution is -2.44. The van der Waals surface area contributed by atoms with E-state index in [0.717, 1.165) is 5.76 Å². The van der Waals surface area contributed by atoms with Gasteiger partial charge in [-0.3, -0.25) is 9.59 Å². The van der Waals surface area contributed by atoms with Crippen LogP contribution in [0.5, 0.6) is 0 Å². The molecule has 0 radical (unpaired) electrons. The Bertz CT molecular complexity index is 559. The minimum atomic E-state index is -0.0795. The molecule has 1 aliphatic heterocycles. The first-order chi connectivity index (χ1) is 10.9. The fourth-order valence-electron chi connectivity index (χ4n) is 2.78. The van der Waals surface area contributed by atoms with Gasteiger partial charge in [-0.15, -0.1) is 0 Å². The second-order valence-corrected chi connectivity index (χ2v) is 6.16. The maximum atomic E-state index is 12.7. The summed E-state index contributed by atoms with van der Waals surface area (Å²) >= 11 is 0. The molecule has 1 aliphatic rings. The minimum absolute atomic E-state index is 0.0228. The summed E-state index contributed by atoms with van der Waals surface area (Å²) in [6.45, 7) is 10.4. The van der Waals surface area contributed by atoms with E-state index in [1.807, 2.05) is 20.8 Å². The standard InChI is InChI=1S/C17H26N2O4/c1-12(2)19(17(21)15-11-13(3)23-14(15)4)6-5-16(20)18-7-9-22-10-8-18/h11-12H,5-10H2,1-4H3. The highest BCUT2D eigenvalue weighted by atomic mass is 16.5. The summed E-state index contributed by atoms with van der Waals surface area (Å²) in [6, 6.07) is 1.78. The highest BCUT2D eigenvalue weighted by Gasteiger charge is 2.24. The Morgan fingerprint density at radius 1 is 1.26 bits per heavy atom. The van der Waals surface area contributed by atoms with Gasteiger partial charge in [-0.25, -0.2) is 0 Å². The van der Waals surface area contributed by atoms with E-state index in [1.54, 1.807) is 22.8 Å². The van der Waals surface area contributed by atoms with Crippen molar-refractivity contribution in [3.8, 4) is 0 Å². The summed E-state index contributed by atoms with van der Waals surface area (Å²) in [4.78, 5) is 28.5. The zero-order valence-electron chi connectivity index (χ0n) is 14.4. The van der Waals surface area contributed by atoms with Gasteiger partial charge in [0, 0.05) is 32.1 Å². The molecule has 1 aromatic rings. The Morgan fingerprint density at radius 2 is 1.91 bits per heavy atom. The SMILES string of the molecule is Cc1cc(C(=O)N(CCC(=O)N2CCOCC2)C(C)C)c(C)o1. The first-order valence-corrected chi connectivity index (χ1v) is 8.13. The van der Waals surface area contributed by atoms with Gasteiger partial charge in [-0.05, 0) is 33.8 Å². The van der Waals surface area contributed by atoms with E-state index in [0.29, 0.717) is 50.6 Å². The Balaban J connectivity index is 1.99. The number of nitrogens with zero attached hydrogens (tertiary/aromatic N) is 2. The molecule has 23 heavy (non-hydrogen) atoms. The number of aryl methyl sites for hydroxylation is 2. The molecule has 6 heteroatoms. The van der Waals surface area contributed by atoms with Gasteiger partial charge in [0.2, 0.25) is 5.91 Å². The number of ether oxygens (including phenoxy) is 1. The van der Waals surface area contributed by atoms with Gasteiger partial charge in [-0.1, -0.05) is 0 Å². The molecule has 6 nitrogen and oxygen atoms in total. The lowest BCUT2D eigenvalue weighted by molar-refractivity contribution is -0.135. The smallest absolute Gasteiger partial charge is 0.257 e. The van der Waals surface area contributed by atoms with Gasteiger partial charge in [0.1, 0.15) is 11.5 Å². The molecular formula is C17H26N2O4. The first-order valence-electron chi connectivity index (χ1n) is 8.13. The van der Waals surface area contributed by atoms with Crippen molar-refractivity contribution in [2.45, 2.75) is 40.2 Å². The van der Waals surface area contributed by atoms with Crippen molar-refractivity contribution in [1.82, 2.24) is 9.80 Å². The van der Waals surface area contributed by atoms with Crippen LogP contribution in [-0.4, -0.2) is 60.5 Å². The van der Waals surface area contributed by atoms with Crippen LogP contribution in [0.25, 0.3) is 0 Å². The third kappa shape index (κ3) is 4.34. The second kappa shape index (κ2) is 7.64. The molecular weight excluding hydrogens is 296 g/mol. The quantitative estimate of drug-likeness (QED) is 0.832. The molecule has 128 valence electrons. The predicted molar refractivity (Wildman–Crippen MR) is 86.4 cm³/mol. The van der Waals surface area contributed by atoms with Gasteiger partial charge in [0.15, 0.2) is 0 Å². The highest BCUT2D eigenvalue weighted by molar-refractivity contribution is 5.95. The molecule has 2 rings (SSSR count). The number of morpholine rings is 1. The number of amides is 2. The van der Waals surface area contributed by atoms with Crippen molar-refractivity contribution < 1.29 is 18.7 Å². The van der Waals surface area contributed by atoms with Crippen LogP contribution in [-0.2, 0) is 9.53 Å². The summed E-state index contributed by atoms with van der Waals surface area (Å²) < 4.78 is 10.7. The largest absolute Gasteiger partial charge is 0.466 e. The second-order valence-electron chi connectivity index (χ2n) is 6.16. The summed E-state index contributed by atoms with van der Waals surface area (Å²) in [6.07, 6.45) is 0.333. The number of hydrogen-bond donors (Lipinski definition) is 0. The topological polar surface area (TPSA) is 63.0 Å². The molecule has 2 heterocycles. The number of rotatable bonds is 5. The van der Waals surface area contributed by atoms with E-state index in [9.17, 15) is 9.59 Å². The highest BCUT2D eigenvalue weighted by Crippen LogP contribution is 2.18. The Hall–Kier alpha value is -1.82. The minimum Gasteiger partial charge on any atom is -0.466 e. The lowest BCUT2D eigenvalue weighted by atomic mass is 10.1. The molecule has 0 aliphatic carbocycles. The third-order valence-corrected chi connectivity index (χ3v) is 4.09. The summed E-state index contributed by atoms with van der Waals surface area (Å²) in [5.74, 6) is 1.34. The van der Waals surface area contributed by atoms with Gasteiger partial charge < -0.3 is 19.0 Å². The Labute approximate surface area is 137 Å². The zero-order valence-corrected chi connectivity index (χ0v) is 14.4. The van der Waals surface area contributed by atoms with Crippen molar-refractivity contribution in [3.63, 3.8) is 0 Å². The first kappa shape index (κ1) is 17.5. The predicted octanol–water partition coefficient (Wildman–Crippen LogP) is 2.00. The normalized spacial score (nSPS) is 15.1. The van der Waals surface area contributed by atoms with Crippen molar-refractivity contribution in [2.24, 2.45) is 0 Å². The number of carbonyl (C=O) groups is 2. The fourth-order valence-corrected chi connectivity index (χ4v) is 2.78. The lowest BCUT2D eigenvalue weighted by Gasteiger charge is -2.30. The van der Waals surface area contributed by atoms with E-state index in [-0.39, 0.29) is 17.9 Å². The molecule has 2 amide bonds. The van der Waals surface area contributed by atoms with Crippen LogP contribution in [0.2, 0.25) is 0 Å². The summed E-state index contributed by atoms with van der Waals surface area (Å²) in [5.41, 5.74) is 0.579. The average Bonchev–Trinajstić information content (AvgIpc) is 2.86. The molecule has 0 N–H and O–H groups in total. The van der Waals surface area contributed by atoms with E-state index in [4.69, 9.17) is 9.15 Å². The fraction of sp³-hybridized carbons (Fsp3) is 0.647. The van der Waals surface area contributed by atoms with Crippen molar-refractivity contribution in [1.29, 1.82) is 0 Å². The third-order valence-electron chi connectivity index (χ3n) is 4.09. The van der Waals surface area contributed by atoms with Gasteiger partial charge in [-0.2, -0.15) is 0 Å². The molecule has 1 saturated heterocycles. The maximum absolute atomic E-state index is 12.7. The number of furan rings is 1. The monoisotopic (exact) mass is 322 g/mol.